The van der Waals surface area contributed by atoms with Gasteiger partial charge in [-0.2, -0.15) is 5.10 Å². The molecule has 0 amide bonds. The number of hydrogen-bond acceptors (Lipinski definition) is 2. The van der Waals surface area contributed by atoms with Gasteiger partial charge in [0, 0.05) is 18.3 Å². The molecule has 0 aliphatic rings. The van der Waals surface area contributed by atoms with Gasteiger partial charge in [-0.15, -0.1) is 0 Å². The standard InChI is InChI=1S/C13H17N3/c1-10-5-3-4-6-13(10)12-8-15-16(9-12)11(2)7-14/h3-6,8-9,11H,7,14H2,1-2H3/t11-/m0/s1. The van der Waals surface area contributed by atoms with Crippen LogP contribution in [-0.2, 0) is 0 Å². The minimum absolute atomic E-state index is 0.248. The van der Waals surface area contributed by atoms with Crippen molar-refractivity contribution < 1.29 is 0 Å². The second kappa shape index (κ2) is 4.49. The Balaban J connectivity index is 2.35. The summed E-state index contributed by atoms with van der Waals surface area (Å²) in [5.41, 5.74) is 9.27. The Kier molecular flexibility index (Phi) is 3.06. The number of rotatable bonds is 3. The number of aryl methyl sites for hydroxylation is 1. The maximum absolute atomic E-state index is 5.62. The summed E-state index contributed by atoms with van der Waals surface area (Å²) in [4.78, 5) is 0. The first kappa shape index (κ1) is 10.9. The lowest BCUT2D eigenvalue weighted by molar-refractivity contribution is 0.501. The van der Waals surface area contributed by atoms with E-state index in [1.54, 1.807) is 0 Å². The molecule has 1 aromatic carbocycles. The number of benzene rings is 1. The van der Waals surface area contributed by atoms with E-state index in [0.717, 1.165) is 5.56 Å². The summed E-state index contributed by atoms with van der Waals surface area (Å²) in [5, 5.41) is 4.34. The maximum Gasteiger partial charge on any atom is 0.0613 e. The van der Waals surface area contributed by atoms with Crippen LogP contribution < -0.4 is 5.73 Å². The van der Waals surface area contributed by atoms with Crippen molar-refractivity contribution in [3.63, 3.8) is 0 Å². The highest BCUT2D eigenvalue weighted by Gasteiger charge is 2.07. The Morgan fingerprint density at radius 1 is 1.38 bits per heavy atom. The largest absolute Gasteiger partial charge is 0.328 e. The van der Waals surface area contributed by atoms with Gasteiger partial charge in [-0.1, -0.05) is 24.3 Å². The number of hydrogen-bond donors (Lipinski definition) is 1. The maximum atomic E-state index is 5.62. The lowest BCUT2D eigenvalue weighted by Gasteiger charge is -2.08. The van der Waals surface area contributed by atoms with Gasteiger partial charge in [0.2, 0.25) is 0 Å². The molecule has 0 unspecified atom stereocenters. The van der Waals surface area contributed by atoms with Crippen molar-refractivity contribution in [1.29, 1.82) is 0 Å². The van der Waals surface area contributed by atoms with Gasteiger partial charge >= 0.3 is 0 Å². The van der Waals surface area contributed by atoms with Gasteiger partial charge in [0.15, 0.2) is 0 Å². The molecule has 0 saturated heterocycles. The van der Waals surface area contributed by atoms with Crippen LogP contribution >= 0.6 is 0 Å². The highest BCUT2D eigenvalue weighted by atomic mass is 15.3. The molecule has 0 saturated carbocycles. The van der Waals surface area contributed by atoms with Gasteiger partial charge in [-0.3, -0.25) is 4.68 Å². The molecule has 0 radical (unpaired) electrons. The van der Waals surface area contributed by atoms with Gasteiger partial charge in [-0.25, -0.2) is 0 Å². The Morgan fingerprint density at radius 2 is 2.12 bits per heavy atom. The molecule has 84 valence electrons. The molecular weight excluding hydrogens is 198 g/mol. The third-order valence-corrected chi connectivity index (χ3v) is 2.85. The summed E-state index contributed by atoms with van der Waals surface area (Å²) < 4.78 is 1.92. The Morgan fingerprint density at radius 3 is 2.81 bits per heavy atom. The van der Waals surface area contributed by atoms with E-state index in [1.807, 2.05) is 23.0 Å². The summed E-state index contributed by atoms with van der Waals surface area (Å²) in [6.07, 6.45) is 3.95. The van der Waals surface area contributed by atoms with Crippen LogP contribution in [-0.4, -0.2) is 16.3 Å². The van der Waals surface area contributed by atoms with E-state index in [4.69, 9.17) is 5.73 Å². The molecular formula is C13H17N3. The molecule has 2 aromatic rings. The summed E-state index contributed by atoms with van der Waals surface area (Å²) in [6.45, 7) is 4.78. The molecule has 0 fully saturated rings. The van der Waals surface area contributed by atoms with E-state index >= 15 is 0 Å². The van der Waals surface area contributed by atoms with E-state index in [2.05, 4.69) is 37.3 Å². The topological polar surface area (TPSA) is 43.8 Å². The van der Waals surface area contributed by atoms with E-state index in [0.29, 0.717) is 6.54 Å². The molecule has 0 aliphatic heterocycles. The predicted octanol–water partition coefficient (Wildman–Crippen LogP) is 2.38. The zero-order chi connectivity index (χ0) is 11.5. The molecule has 1 aromatic heterocycles. The van der Waals surface area contributed by atoms with Crippen molar-refractivity contribution in [2.24, 2.45) is 5.73 Å². The molecule has 16 heavy (non-hydrogen) atoms. The van der Waals surface area contributed by atoms with Gasteiger partial charge in [0.05, 0.1) is 12.2 Å². The van der Waals surface area contributed by atoms with E-state index in [1.165, 1.54) is 11.1 Å². The molecule has 1 heterocycles. The van der Waals surface area contributed by atoms with Crippen molar-refractivity contribution in [2.45, 2.75) is 19.9 Å². The van der Waals surface area contributed by atoms with Crippen molar-refractivity contribution in [2.75, 3.05) is 6.54 Å². The fraction of sp³-hybridized carbons (Fsp3) is 0.308. The molecule has 0 bridgehead atoms. The lowest BCUT2D eigenvalue weighted by Crippen LogP contribution is -2.16. The van der Waals surface area contributed by atoms with Crippen molar-refractivity contribution >= 4 is 0 Å². The van der Waals surface area contributed by atoms with E-state index < -0.39 is 0 Å². The summed E-state index contributed by atoms with van der Waals surface area (Å²) in [7, 11) is 0. The molecule has 2 N–H and O–H groups in total. The molecule has 2 rings (SSSR count). The third kappa shape index (κ3) is 1.99. The van der Waals surface area contributed by atoms with Crippen LogP contribution in [0.1, 0.15) is 18.5 Å². The molecule has 0 aliphatic carbocycles. The van der Waals surface area contributed by atoms with Crippen LogP contribution in [0.4, 0.5) is 0 Å². The van der Waals surface area contributed by atoms with Gasteiger partial charge < -0.3 is 5.73 Å². The minimum Gasteiger partial charge on any atom is -0.328 e. The lowest BCUT2D eigenvalue weighted by atomic mass is 10.0. The molecule has 3 nitrogen and oxygen atoms in total. The van der Waals surface area contributed by atoms with Crippen LogP contribution in [0.3, 0.4) is 0 Å². The summed E-state index contributed by atoms with van der Waals surface area (Å²) in [5.74, 6) is 0. The Labute approximate surface area is 95.9 Å². The zero-order valence-corrected chi connectivity index (χ0v) is 9.72. The Bertz CT molecular complexity index is 474. The van der Waals surface area contributed by atoms with Crippen LogP contribution in [0, 0.1) is 6.92 Å². The zero-order valence-electron chi connectivity index (χ0n) is 9.72. The van der Waals surface area contributed by atoms with Gasteiger partial charge in [0.1, 0.15) is 0 Å². The SMILES string of the molecule is Cc1ccccc1-c1cnn([C@@H](C)CN)c1. The van der Waals surface area contributed by atoms with Crippen LogP contribution in [0.5, 0.6) is 0 Å². The van der Waals surface area contributed by atoms with Gasteiger partial charge in [-0.05, 0) is 25.0 Å². The Hall–Kier alpha value is -1.61. The fourth-order valence-electron chi connectivity index (χ4n) is 1.72. The summed E-state index contributed by atoms with van der Waals surface area (Å²) >= 11 is 0. The monoisotopic (exact) mass is 215 g/mol. The third-order valence-electron chi connectivity index (χ3n) is 2.85. The number of aromatic nitrogens is 2. The van der Waals surface area contributed by atoms with Crippen LogP contribution in [0.25, 0.3) is 11.1 Å². The van der Waals surface area contributed by atoms with Crippen LogP contribution in [0.2, 0.25) is 0 Å². The van der Waals surface area contributed by atoms with Gasteiger partial charge in [0.25, 0.3) is 0 Å². The molecule has 0 spiro atoms. The van der Waals surface area contributed by atoms with Crippen molar-refractivity contribution in [3.8, 4) is 11.1 Å². The normalized spacial score (nSPS) is 12.7. The van der Waals surface area contributed by atoms with Crippen molar-refractivity contribution in [3.05, 3.63) is 42.2 Å². The average Bonchev–Trinajstić information content (AvgIpc) is 2.78. The first-order chi connectivity index (χ1) is 7.72. The second-order valence-corrected chi connectivity index (χ2v) is 4.11. The predicted molar refractivity (Wildman–Crippen MR) is 66.2 cm³/mol. The summed E-state index contributed by atoms with van der Waals surface area (Å²) in [6, 6.07) is 8.57. The second-order valence-electron chi connectivity index (χ2n) is 4.11. The van der Waals surface area contributed by atoms with E-state index in [9.17, 15) is 0 Å². The van der Waals surface area contributed by atoms with Crippen molar-refractivity contribution in [1.82, 2.24) is 9.78 Å². The minimum atomic E-state index is 0.248. The fourth-order valence-corrected chi connectivity index (χ4v) is 1.72. The quantitative estimate of drug-likeness (QED) is 0.854. The highest BCUT2D eigenvalue weighted by molar-refractivity contribution is 5.65. The van der Waals surface area contributed by atoms with E-state index in [-0.39, 0.29) is 6.04 Å². The number of nitrogens with zero attached hydrogens (tertiary/aromatic N) is 2. The first-order valence-electron chi connectivity index (χ1n) is 5.52. The molecule has 1 atom stereocenters. The smallest absolute Gasteiger partial charge is 0.0613 e. The highest BCUT2D eigenvalue weighted by Crippen LogP contribution is 2.23. The first-order valence-corrected chi connectivity index (χ1v) is 5.52. The molecule has 3 heteroatoms. The average molecular weight is 215 g/mol. The number of nitrogens with two attached hydrogens (primary N) is 1. The van der Waals surface area contributed by atoms with Crippen LogP contribution in [0.15, 0.2) is 36.7 Å².